The van der Waals surface area contributed by atoms with Crippen molar-refractivity contribution >= 4 is 17.6 Å². The molecule has 4 rings (SSSR count). The smallest absolute Gasteiger partial charge is 0.321 e. The minimum Gasteiger partial charge on any atom is -0.497 e. The molecule has 0 aliphatic heterocycles. The van der Waals surface area contributed by atoms with Crippen LogP contribution in [0.5, 0.6) is 5.75 Å². The van der Waals surface area contributed by atoms with Gasteiger partial charge < -0.3 is 24.8 Å². The Hall–Kier alpha value is -4.66. The number of nitrogens with one attached hydrogen (secondary N) is 2. The molecule has 0 aliphatic rings. The molecule has 0 saturated carbocycles. The highest BCUT2D eigenvalue weighted by Crippen LogP contribution is 2.18. The van der Waals surface area contributed by atoms with E-state index in [1.54, 1.807) is 43.3 Å². The van der Waals surface area contributed by atoms with Gasteiger partial charge in [0, 0.05) is 43.4 Å². The number of methoxy groups -OCH3 is 1. The van der Waals surface area contributed by atoms with Gasteiger partial charge in [-0.05, 0) is 66.6 Å². The maximum Gasteiger partial charge on any atom is 0.321 e. The van der Waals surface area contributed by atoms with Gasteiger partial charge in [0.2, 0.25) is 0 Å². The van der Waals surface area contributed by atoms with E-state index in [1.807, 2.05) is 55.5 Å². The summed E-state index contributed by atoms with van der Waals surface area (Å²) in [4.78, 5) is 30.9. The van der Waals surface area contributed by atoms with Gasteiger partial charge >= 0.3 is 6.03 Å². The minimum atomic E-state index is -0.213. The molecule has 37 heavy (non-hydrogen) atoms. The fourth-order valence-electron chi connectivity index (χ4n) is 3.58. The predicted octanol–water partition coefficient (Wildman–Crippen LogP) is 4.69. The van der Waals surface area contributed by atoms with E-state index < -0.39 is 0 Å². The van der Waals surface area contributed by atoms with Crippen molar-refractivity contribution in [3.8, 4) is 17.2 Å². The Bertz CT molecular complexity index is 1350. The monoisotopic (exact) mass is 499 g/mol. The lowest BCUT2D eigenvalue weighted by atomic mass is 10.1. The van der Waals surface area contributed by atoms with Gasteiger partial charge in [-0.15, -0.1) is 0 Å². The van der Waals surface area contributed by atoms with Gasteiger partial charge in [-0.25, -0.2) is 4.79 Å². The van der Waals surface area contributed by atoms with Crippen molar-refractivity contribution in [3.63, 3.8) is 0 Å². The van der Waals surface area contributed by atoms with Crippen LogP contribution in [0.25, 0.3) is 11.5 Å². The third-order valence-corrected chi connectivity index (χ3v) is 5.76. The lowest BCUT2D eigenvalue weighted by molar-refractivity contribution is 0.0951. The van der Waals surface area contributed by atoms with Crippen LogP contribution >= 0.6 is 0 Å². The summed E-state index contributed by atoms with van der Waals surface area (Å²) in [6, 6.07) is 21.9. The number of nitrogens with zero attached hydrogens (tertiary/aromatic N) is 3. The highest BCUT2D eigenvalue weighted by Gasteiger charge is 2.14. The molecule has 0 fully saturated rings. The van der Waals surface area contributed by atoms with Crippen molar-refractivity contribution in [3.05, 3.63) is 95.3 Å². The molecule has 4 aromatic rings. The van der Waals surface area contributed by atoms with Crippen molar-refractivity contribution in [1.29, 1.82) is 0 Å². The third-order valence-electron chi connectivity index (χ3n) is 5.76. The Labute approximate surface area is 215 Å². The minimum absolute atomic E-state index is 0.180. The number of carbonyl (C=O) groups excluding carboxylic acids is 2. The molecule has 3 amide bonds. The topological polar surface area (TPSA) is 110 Å². The highest BCUT2D eigenvalue weighted by atomic mass is 16.5. The van der Waals surface area contributed by atoms with Gasteiger partial charge in [0.25, 0.3) is 11.8 Å². The third kappa shape index (κ3) is 6.94. The number of anilines is 1. The van der Waals surface area contributed by atoms with Crippen LogP contribution in [0, 0.1) is 6.92 Å². The molecule has 9 nitrogen and oxygen atoms in total. The zero-order chi connectivity index (χ0) is 26.2. The van der Waals surface area contributed by atoms with Crippen molar-refractivity contribution in [2.45, 2.75) is 19.9 Å². The number of benzene rings is 3. The Kier molecular flexibility index (Phi) is 8.15. The molecule has 0 spiro atoms. The number of amides is 3. The molecule has 1 heterocycles. The number of ether oxygens (including phenoxy) is 1. The number of aryl methyl sites for hydroxylation is 1. The maximum absolute atomic E-state index is 12.5. The van der Waals surface area contributed by atoms with Crippen LogP contribution in [0.1, 0.15) is 27.3 Å². The molecule has 0 aliphatic carbocycles. The Morgan fingerprint density at radius 1 is 1.03 bits per heavy atom. The molecule has 0 bridgehead atoms. The summed E-state index contributed by atoms with van der Waals surface area (Å²) in [5, 5.41) is 9.79. The van der Waals surface area contributed by atoms with Gasteiger partial charge in [0.1, 0.15) is 5.75 Å². The molecule has 0 radical (unpaired) electrons. The summed E-state index contributed by atoms with van der Waals surface area (Å²) in [5.74, 6) is 1.43. The van der Waals surface area contributed by atoms with Gasteiger partial charge in [-0.2, -0.15) is 4.98 Å². The maximum atomic E-state index is 12.5. The summed E-state index contributed by atoms with van der Waals surface area (Å²) < 4.78 is 10.5. The molecule has 3 aromatic carbocycles. The molecule has 0 atom stereocenters. The van der Waals surface area contributed by atoms with Crippen LogP contribution < -0.4 is 15.4 Å². The molecule has 2 N–H and O–H groups in total. The van der Waals surface area contributed by atoms with Gasteiger partial charge in [0.15, 0.2) is 5.82 Å². The molecule has 190 valence electrons. The average Bonchev–Trinajstić information content (AvgIpc) is 3.40. The second-order valence-corrected chi connectivity index (χ2v) is 8.60. The van der Waals surface area contributed by atoms with E-state index >= 15 is 0 Å². The van der Waals surface area contributed by atoms with Crippen LogP contribution in [-0.4, -0.2) is 47.7 Å². The number of hydrogen-bond acceptors (Lipinski definition) is 6. The second kappa shape index (κ2) is 11.9. The fourth-order valence-corrected chi connectivity index (χ4v) is 3.58. The van der Waals surface area contributed by atoms with Crippen LogP contribution in [0.4, 0.5) is 10.5 Å². The van der Waals surface area contributed by atoms with Crippen LogP contribution in [0.2, 0.25) is 0 Å². The molecule has 9 heteroatoms. The van der Waals surface area contributed by atoms with Crippen molar-refractivity contribution in [2.24, 2.45) is 0 Å². The zero-order valence-electron chi connectivity index (χ0n) is 21.0. The summed E-state index contributed by atoms with van der Waals surface area (Å²) in [7, 11) is 3.33. The summed E-state index contributed by atoms with van der Waals surface area (Å²) in [5.41, 5.74) is 4.02. The highest BCUT2D eigenvalue weighted by molar-refractivity contribution is 5.94. The number of aromatic nitrogens is 2. The number of carbonyl (C=O) groups is 2. The second-order valence-electron chi connectivity index (χ2n) is 8.60. The average molecular weight is 500 g/mol. The van der Waals surface area contributed by atoms with Gasteiger partial charge in [0.05, 0.1) is 7.11 Å². The number of urea groups is 1. The van der Waals surface area contributed by atoms with Gasteiger partial charge in [-0.1, -0.05) is 29.4 Å². The summed E-state index contributed by atoms with van der Waals surface area (Å²) in [6.07, 6.45) is 0.438. The first-order chi connectivity index (χ1) is 17.9. The van der Waals surface area contributed by atoms with Crippen LogP contribution in [0.3, 0.4) is 0 Å². The van der Waals surface area contributed by atoms with E-state index in [2.05, 4.69) is 20.8 Å². The predicted molar refractivity (Wildman–Crippen MR) is 140 cm³/mol. The zero-order valence-corrected chi connectivity index (χ0v) is 21.0. The first kappa shape index (κ1) is 25.4. The number of likely N-dealkylation sites (N-methyl/N-ethyl adjacent to an activating group) is 1. The van der Waals surface area contributed by atoms with Gasteiger partial charge in [-0.3, -0.25) is 4.79 Å². The van der Waals surface area contributed by atoms with E-state index in [4.69, 9.17) is 9.26 Å². The quantitative estimate of drug-likeness (QED) is 0.346. The Morgan fingerprint density at radius 2 is 1.78 bits per heavy atom. The van der Waals surface area contributed by atoms with Crippen molar-refractivity contribution < 1.29 is 18.8 Å². The fraction of sp³-hybridized carbons (Fsp3) is 0.214. The van der Waals surface area contributed by atoms with E-state index in [-0.39, 0.29) is 11.9 Å². The number of hydrogen-bond donors (Lipinski definition) is 2. The molecular weight excluding hydrogens is 470 g/mol. The van der Waals surface area contributed by atoms with Crippen molar-refractivity contribution in [1.82, 2.24) is 20.4 Å². The van der Waals surface area contributed by atoms with Crippen LogP contribution in [-0.2, 0) is 13.0 Å². The lowest BCUT2D eigenvalue weighted by Gasteiger charge is -2.17. The first-order valence-corrected chi connectivity index (χ1v) is 11.8. The SMILES string of the molecule is COc1ccc(CNC(=O)c2ccc(-c3nc(CCN(C)C(=O)Nc4cccc(C)c4)no3)cc2)cc1. The summed E-state index contributed by atoms with van der Waals surface area (Å²) >= 11 is 0. The summed E-state index contributed by atoms with van der Waals surface area (Å²) in [6.45, 7) is 2.80. The van der Waals surface area contributed by atoms with E-state index in [9.17, 15) is 9.59 Å². The molecule has 0 saturated heterocycles. The molecule has 0 unspecified atom stereocenters. The van der Waals surface area contributed by atoms with Crippen molar-refractivity contribution in [2.75, 3.05) is 26.0 Å². The first-order valence-electron chi connectivity index (χ1n) is 11.8. The molecule has 1 aromatic heterocycles. The Balaban J connectivity index is 1.27. The van der Waals surface area contributed by atoms with E-state index in [0.29, 0.717) is 42.4 Å². The standard InChI is InChI=1S/C28H29N5O4/c1-19-5-4-6-23(17-19)30-28(35)33(2)16-15-25-31-27(37-32-25)22-11-9-21(10-12-22)26(34)29-18-20-7-13-24(36-3)14-8-20/h4-14,17H,15-16,18H2,1-3H3,(H,29,34)(H,30,35). The van der Waals surface area contributed by atoms with E-state index in [1.165, 1.54) is 0 Å². The van der Waals surface area contributed by atoms with E-state index in [0.717, 1.165) is 22.6 Å². The lowest BCUT2D eigenvalue weighted by Crippen LogP contribution is -2.33. The number of rotatable bonds is 9. The molecular formula is C28H29N5O4. The largest absolute Gasteiger partial charge is 0.497 e. The van der Waals surface area contributed by atoms with Crippen LogP contribution in [0.15, 0.2) is 77.3 Å². The Morgan fingerprint density at radius 3 is 2.49 bits per heavy atom. The normalized spacial score (nSPS) is 10.6.